The number of benzene rings is 2. The molecule has 0 aliphatic heterocycles. The molecule has 0 spiro atoms. The Morgan fingerprint density at radius 1 is 1.07 bits per heavy atom. The molecule has 140 valence electrons. The van der Waals surface area contributed by atoms with Gasteiger partial charge in [0.15, 0.2) is 0 Å². The molecule has 3 rings (SSSR count). The fourth-order valence-electron chi connectivity index (χ4n) is 2.78. The predicted octanol–water partition coefficient (Wildman–Crippen LogP) is 3.82. The van der Waals surface area contributed by atoms with Crippen LogP contribution in [0.15, 0.2) is 53.3 Å². The van der Waals surface area contributed by atoms with Crippen LogP contribution < -0.4 is 4.87 Å². The number of aromatic nitrogens is 1. The summed E-state index contributed by atoms with van der Waals surface area (Å²) in [5, 5.41) is 0. The summed E-state index contributed by atoms with van der Waals surface area (Å²) in [6.07, 6.45) is 0. The fraction of sp³-hybridized carbons (Fsp3) is 0.200. The quantitative estimate of drug-likeness (QED) is 0.667. The van der Waals surface area contributed by atoms with Crippen LogP contribution in [-0.4, -0.2) is 22.4 Å². The summed E-state index contributed by atoms with van der Waals surface area (Å²) < 4.78 is 27.9. The van der Waals surface area contributed by atoms with Gasteiger partial charge in [0, 0.05) is 19.3 Å². The van der Waals surface area contributed by atoms with E-state index in [1.165, 1.54) is 33.7 Å². The van der Waals surface area contributed by atoms with Crippen LogP contribution in [0.3, 0.4) is 0 Å². The summed E-state index contributed by atoms with van der Waals surface area (Å²) in [7, 11) is 1.63. The Morgan fingerprint density at radius 3 is 2.44 bits per heavy atom. The second-order valence-electron chi connectivity index (χ2n) is 6.29. The van der Waals surface area contributed by atoms with Gasteiger partial charge < -0.3 is 4.90 Å². The molecule has 0 aliphatic carbocycles. The molecule has 0 saturated heterocycles. The number of carbonyl (C=O) groups is 1. The van der Waals surface area contributed by atoms with Crippen molar-refractivity contribution in [3.63, 3.8) is 0 Å². The lowest BCUT2D eigenvalue weighted by Crippen LogP contribution is -2.26. The minimum absolute atomic E-state index is 0.202. The first-order valence-electron chi connectivity index (χ1n) is 8.29. The first-order chi connectivity index (χ1) is 12.8. The average Bonchev–Trinajstić information content (AvgIpc) is 2.91. The average molecular weight is 388 g/mol. The maximum atomic E-state index is 13.4. The van der Waals surface area contributed by atoms with E-state index >= 15 is 0 Å². The van der Waals surface area contributed by atoms with Gasteiger partial charge in [-0.1, -0.05) is 35.6 Å². The molecule has 0 saturated carbocycles. The minimum atomic E-state index is -0.372. The van der Waals surface area contributed by atoms with Gasteiger partial charge in [-0.25, -0.2) is 8.78 Å². The standard InChI is InChI=1S/C20H18F2N2O2S/c1-13-18(19(25)23(2)11-14-6-8-16(21)9-7-14)27-20(26)24(13)12-15-4-3-5-17(22)10-15/h3-10H,11-12H2,1-2H3. The molecule has 2 aromatic carbocycles. The van der Waals surface area contributed by atoms with Gasteiger partial charge in [0.25, 0.3) is 5.91 Å². The van der Waals surface area contributed by atoms with Crippen LogP contribution >= 0.6 is 11.3 Å². The molecule has 0 fully saturated rings. The van der Waals surface area contributed by atoms with Gasteiger partial charge in [-0.3, -0.25) is 14.2 Å². The van der Waals surface area contributed by atoms with Crippen molar-refractivity contribution in [3.8, 4) is 0 Å². The second kappa shape index (κ2) is 7.84. The van der Waals surface area contributed by atoms with Crippen LogP contribution in [-0.2, 0) is 13.1 Å². The lowest BCUT2D eigenvalue weighted by atomic mass is 10.2. The van der Waals surface area contributed by atoms with E-state index in [0.717, 1.165) is 16.9 Å². The molecule has 0 atom stereocenters. The minimum Gasteiger partial charge on any atom is -0.337 e. The van der Waals surface area contributed by atoms with E-state index in [4.69, 9.17) is 0 Å². The van der Waals surface area contributed by atoms with Gasteiger partial charge in [0.05, 0.1) is 6.54 Å². The Bertz CT molecular complexity index is 1030. The first-order valence-corrected chi connectivity index (χ1v) is 9.11. The van der Waals surface area contributed by atoms with Crippen LogP contribution in [0.25, 0.3) is 0 Å². The Balaban J connectivity index is 1.81. The number of amides is 1. The molecule has 0 bridgehead atoms. The van der Waals surface area contributed by atoms with Crippen LogP contribution in [0, 0.1) is 18.6 Å². The molecule has 1 aromatic heterocycles. The largest absolute Gasteiger partial charge is 0.337 e. The summed E-state index contributed by atoms with van der Waals surface area (Å²) in [4.78, 5) is 26.7. The van der Waals surface area contributed by atoms with E-state index in [1.807, 2.05) is 0 Å². The third kappa shape index (κ3) is 4.31. The molecule has 27 heavy (non-hydrogen) atoms. The topological polar surface area (TPSA) is 42.3 Å². The van der Waals surface area contributed by atoms with Crippen molar-refractivity contribution in [3.05, 3.63) is 91.5 Å². The number of halogens is 2. The molecule has 0 unspecified atom stereocenters. The smallest absolute Gasteiger partial charge is 0.308 e. The number of nitrogens with zero attached hydrogens (tertiary/aromatic N) is 2. The Hall–Kier alpha value is -2.80. The van der Waals surface area contributed by atoms with E-state index in [-0.39, 0.29) is 29.0 Å². The number of hydrogen-bond acceptors (Lipinski definition) is 3. The lowest BCUT2D eigenvalue weighted by molar-refractivity contribution is 0.0788. The van der Waals surface area contributed by atoms with Gasteiger partial charge in [-0.15, -0.1) is 0 Å². The third-order valence-electron chi connectivity index (χ3n) is 4.25. The highest BCUT2D eigenvalue weighted by Crippen LogP contribution is 2.17. The van der Waals surface area contributed by atoms with Crippen molar-refractivity contribution in [2.75, 3.05) is 7.05 Å². The van der Waals surface area contributed by atoms with Gasteiger partial charge in [0.1, 0.15) is 16.5 Å². The normalized spacial score (nSPS) is 10.8. The summed E-state index contributed by atoms with van der Waals surface area (Å²) in [6.45, 7) is 2.21. The Labute approximate surface area is 159 Å². The van der Waals surface area contributed by atoms with E-state index < -0.39 is 0 Å². The molecule has 0 aliphatic rings. The molecular formula is C20H18F2N2O2S. The van der Waals surface area contributed by atoms with E-state index in [0.29, 0.717) is 22.7 Å². The van der Waals surface area contributed by atoms with Crippen molar-refractivity contribution in [2.45, 2.75) is 20.0 Å². The summed E-state index contributed by atoms with van der Waals surface area (Å²) >= 11 is 0.876. The zero-order chi connectivity index (χ0) is 19.6. The molecule has 1 heterocycles. The lowest BCUT2D eigenvalue weighted by Gasteiger charge is -2.17. The van der Waals surface area contributed by atoms with Crippen LogP contribution in [0.2, 0.25) is 0 Å². The van der Waals surface area contributed by atoms with Gasteiger partial charge in [-0.2, -0.15) is 0 Å². The number of hydrogen-bond donors (Lipinski definition) is 0. The van der Waals surface area contributed by atoms with Crippen molar-refractivity contribution in [1.82, 2.24) is 9.47 Å². The Kier molecular flexibility index (Phi) is 5.51. The predicted molar refractivity (Wildman–Crippen MR) is 101 cm³/mol. The number of carbonyl (C=O) groups excluding carboxylic acids is 1. The number of thiazole rings is 1. The highest BCUT2D eigenvalue weighted by molar-refractivity contribution is 7.11. The van der Waals surface area contributed by atoms with E-state index in [1.54, 1.807) is 38.2 Å². The molecule has 0 N–H and O–H groups in total. The summed E-state index contributed by atoms with van der Waals surface area (Å²) in [5.41, 5.74) is 1.98. The summed E-state index contributed by atoms with van der Waals surface area (Å²) in [6, 6.07) is 11.9. The highest BCUT2D eigenvalue weighted by Gasteiger charge is 2.21. The SMILES string of the molecule is Cc1c(C(=O)N(C)Cc2ccc(F)cc2)sc(=O)n1Cc1cccc(F)c1. The number of rotatable bonds is 5. The van der Waals surface area contributed by atoms with Crippen molar-refractivity contribution in [1.29, 1.82) is 0 Å². The zero-order valence-electron chi connectivity index (χ0n) is 14.9. The molecular weight excluding hydrogens is 370 g/mol. The molecule has 1 amide bonds. The zero-order valence-corrected chi connectivity index (χ0v) is 15.7. The third-order valence-corrected chi connectivity index (χ3v) is 5.32. The Morgan fingerprint density at radius 2 is 1.78 bits per heavy atom. The monoisotopic (exact) mass is 388 g/mol. The van der Waals surface area contributed by atoms with Crippen LogP contribution in [0.1, 0.15) is 26.5 Å². The van der Waals surface area contributed by atoms with E-state index in [2.05, 4.69) is 0 Å². The van der Waals surface area contributed by atoms with Crippen LogP contribution in [0.5, 0.6) is 0 Å². The first kappa shape index (κ1) is 19.0. The molecule has 0 radical (unpaired) electrons. The van der Waals surface area contributed by atoms with Gasteiger partial charge >= 0.3 is 4.87 Å². The second-order valence-corrected chi connectivity index (χ2v) is 7.25. The van der Waals surface area contributed by atoms with E-state index in [9.17, 15) is 18.4 Å². The molecule has 7 heteroatoms. The maximum Gasteiger partial charge on any atom is 0.308 e. The van der Waals surface area contributed by atoms with Gasteiger partial charge in [-0.05, 0) is 42.3 Å². The molecule has 3 aromatic rings. The summed E-state index contributed by atoms with van der Waals surface area (Å²) in [5.74, 6) is -0.989. The highest BCUT2D eigenvalue weighted by atomic mass is 32.1. The van der Waals surface area contributed by atoms with Crippen molar-refractivity contribution < 1.29 is 13.6 Å². The van der Waals surface area contributed by atoms with Crippen molar-refractivity contribution in [2.24, 2.45) is 0 Å². The van der Waals surface area contributed by atoms with Crippen LogP contribution in [0.4, 0.5) is 8.78 Å². The fourth-order valence-corrected chi connectivity index (χ4v) is 3.77. The van der Waals surface area contributed by atoms with Crippen molar-refractivity contribution >= 4 is 17.2 Å². The van der Waals surface area contributed by atoms with Gasteiger partial charge in [0.2, 0.25) is 0 Å². The maximum absolute atomic E-state index is 13.4. The molecule has 4 nitrogen and oxygen atoms in total.